The van der Waals surface area contributed by atoms with Crippen LogP contribution in [-0.4, -0.2) is 25.9 Å². The van der Waals surface area contributed by atoms with Crippen molar-refractivity contribution in [2.24, 2.45) is 20.5 Å². The van der Waals surface area contributed by atoms with E-state index in [4.69, 9.17) is 11.5 Å². The molecule has 6 rings (SSSR count). The molecule has 0 spiro atoms. The quantitative estimate of drug-likeness (QED) is 0.0749. The van der Waals surface area contributed by atoms with Gasteiger partial charge in [0.2, 0.25) is 0 Å². The highest BCUT2D eigenvalue weighted by Crippen LogP contribution is 2.37. The van der Waals surface area contributed by atoms with Crippen molar-refractivity contribution in [1.29, 1.82) is 0 Å². The fraction of sp³-hybridized carbons (Fsp3) is 0. The summed E-state index contributed by atoms with van der Waals surface area (Å²) >= 11 is 0. The van der Waals surface area contributed by atoms with E-state index in [1.54, 1.807) is 60.7 Å². The predicted molar refractivity (Wildman–Crippen MR) is 177 cm³/mol. The van der Waals surface area contributed by atoms with Crippen molar-refractivity contribution in [2.75, 3.05) is 11.5 Å². The van der Waals surface area contributed by atoms with Crippen LogP contribution in [0, 0.1) is 0 Å². The minimum absolute atomic E-state index is 0.107. The number of hydrogen-bond donors (Lipinski definition) is 4. The van der Waals surface area contributed by atoms with E-state index in [1.165, 1.54) is 24.3 Å². The Morgan fingerprint density at radius 1 is 0.478 bits per heavy atom. The van der Waals surface area contributed by atoms with Crippen molar-refractivity contribution in [3.05, 3.63) is 109 Å². The molecule has 0 bridgehead atoms. The van der Waals surface area contributed by atoms with Gasteiger partial charge in [-0.05, 0) is 65.7 Å². The second-order valence-electron chi connectivity index (χ2n) is 10.2. The summed E-state index contributed by atoms with van der Waals surface area (Å²) in [7, 11) is -8.95. The lowest BCUT2D eigenvalue weighted by molar-refractivity contribution is 0.482. The van der Waals surface area contributed by atoms with E-state index in [2.05, 4.69) is 20.5 Å². The van der Waals surface area contributed by atoms with Gasteiger partial charge >= 0.3 is 0 Å². The van der Waals surface area contributed by atoms with Crippen LogP contribution in [-0.2, 0) is 20.2 Å². The number of azo groups is 2. The van der Waals surface area contributed by atoms with Crippen molar-refractivity contribution in [1.82, 2.24) is 0 Å². The number of fused-ring (bicyclic) bond motifs is 2. The van der Waals surface area contributed by atoms with Crippen LogP contribution >= 0.6 is 0 Å². The Morgan fingerprint density at radius 2 is 0.978 bits per heavy atom. The lowest BCUT2D eigenvalue weighted by atomic mass is 10.1. The van der Waals surface area contributed by atoms with E-state index in [0.29, 0.717) is 33.5 Å². The average Bonchev–Trinajstić information content (AvgIpc) is 3.03. The molecule has 0 aromatic heterocycles. The summed E-state index contributed by atoms with van der Waals surface area (Å²) in [6.45, 7) is 0. The molecule has 0 atom stereocenters. The van der Waals surface area contributed by atoms with E-state index in [0.717, 1.165) is 11.1 Å². The predicted octanol–water partition coefficient (Wildman–Crippen LogP) is 8.15. The molecule has 14 heteroatoms. The highest BCUT2D eigenvalue weighted by Gasteiger charge is 2.19. The van der Waals surface area contributed by atoms with Crippen LogP contribution in [0.2, 0.25) is 0 Å². The fourth-order valence-corrected chi connectivity index (χ4v) is 6.35. The molecule has 0 unspecified atom stereocenters. The number of nitrogens with two attached hydrogens (primary N) is 2. The van der Waals surface area contributed by atoms with Crippen LogP contribution in [0.15, 0.2) is 139 Å². The van der Waals surface area contributed by atoms with Gasteiger partial charge in [0.15, 0.2) is 0 Å². The molecule has 0 saturated carbocycles. The summed E-state index contributed by atoms with van der Waals surface area (Å²) in [5, 5.41) is 18.3. The van der Waals surface area contributed by atoms with Gasteiger partial charge in [-0.3, -0.25) is 9.11 Å². The minimum atomic E-state index is -4.52. The number of benzene rings is 6. The Labute approximate surface area is 263 Å². The van der Waals surface area contributed by atoms with Gasteiger partial charge in [-0.2, -0.15) is 32.2 Å². The molecular weight excluding hydrogens is 629 g/mol. The number of nitrogen functional groups attached to an aromatic ring is 2. The van der Waals surface area contributed by atoms with Crippen molar-refractivity contribution in [3.8, 4) is 11.1 Å². The third-order valence-corrected chi connectivity index (χ3v) is 9.00. The summed E-state index contributed by atoms with van der Waals surface area (Å²) in [6.07, 6.45) is 0. The van der Waals surface area contributed by atoms with Gasteiger partial charge in [-0.15, -0.1) is 5.11 Å². The molecule has 0 radical (unpaired) electrons. The maximum absolute atomic E-state index is 12.0. The van der Waals surface area contributed by atoms with Crippen molar-refractivity contribution in [3.63, 3.8) is 0 Å². The van der Waals surface area contributed by atoms with E-state index in [1.807, 2.05) is 24.3 Å². The molecular formula is C32H24N6O6S2. The van der Waals surface area contributed by atoms with E-state index >= 15 is 0 Å². The number of nitrogens with zero attached hydrogens (tertiary/aromatic N) is 4. The first-order chi connectivity index (χ1) is 21.9. The Kier molecular flexibility index (Phi) is 7.79. The highest BCUT2D eigenvalue weighted by atomic mass is 32.2. The Balaban J connectivity index is 1.19. The minimum Gasteiger partial charge on any atom is -0.398 e. The summed E-state index contributed by atoms with van der Waals surface area (Å²) in [5.41, 5.74) is 16.2. The molecule has 6 N–H and O–H groups in total. The molecule has 12 nitrogen and oxygen atoms in total. The van der Waals surface area contributed by atoms with Crippen LogP contribution in [0.25, 0.3) is 32.7 Å². The molecule has 6 aromatic carbocycles. The molecule has 0 aliphatic heterocycles. The van der Waals surface area contributed by atoms with Gasteiger partial charge in [-0.25, -0.2) is 0 Å². The Hall–Kier alpha value is -5.54. The van der Waals surface area contributed by atoms with Crippen LogP contribution < -0.4 is 11.5 Å². The maximum Gasteiger partial charge on any atom is 0.295 e. The van der Waals surface area contributed by atoms with E-state index < -0.39 is 20.2 Å². The lowest BCUT2D eigenvalue weighted by Gasteiger charge is -2.09. The smallest absolute Gasteiger partial charge is 0.295 e. The number of hydrogen-bond acceptors (Lipinski definition) is 10. The van der Waals surface area contributed by atoms with E-state index in [-0.39, 0.29) is 31.9 Å². The zero-order valence-corrected chi connectivity index (χ0v) is 25.3. The van der Waals surface area contributed by atoms with Crippen LogP contribution in [0.5, 0.6) is 0 Å². The highest BCUT2D eigenvalue weighted by molar-refractivity contribution is 7.86. The van der Waals surface area contributed by atoms with Crippen LogP contribution in [0.1, 0.15) is 0 Å². The van der Waals surface area contributed by atoms with E-state index in [9.17, 15) is 25.9 Å². The summed E-state index contributed by atoms with van der Waals surface area (Å²) in [6, 6.07) is 29.6. The third-order valence-electron chi connectivity index (χ3n) is 7.20. The van der Waals surface area contributed by atoms with Gasteiger partial charge in [-0.1, -0.05) is 54.6 Å². The number of rotatable bonds is 7. The maximum atomic E-state index is 12.0. The Bertz CT molecular complexity index is 2430. The second-order valence-corrected chi connectivity index (χ2v) is 13.0. The molecule has 0 aliphatic carbocycles. The van der Waals surface area contributed by atoms with Crippen LogP contribution in [0.3, 0.4) is 0 Å². The zero-order chi connectivity index (χ0) is 32.6. The van der Waals surface area contributed by atoms with Gasteiger partial charge in [0.05, 0.1) is 22.7 Å². The monoisotopic (exact) mass is 652 g/mol. The summed E-state index contributed by atoms with van der Waals surface area (Å²) in [4.78, 5) is -0.545. The topological polar surface area (TPSA) is 210 Å². The molecule has 0 aliphatic rings. The molecule has 46 heavy (non-hydrogen) atoms. The van der Waals surface area contributed by atoms with Gasteiger partial charge in [0.1, 0.15) is 15.5 Å². The van der Waals surface area contributed by atoms with Crippen molar-refractivity contribution < 1.29 is 25.9 Å². The van der Waals surface area contributed by atoms with Crippen molar-refractivity contribution in [2.45, 2.75) is 9.79 Å². The van der Waals surface area contributed by atoms with Gasteiger partial charge < -0.3 is 11.5 Å². The van der Waals surface area contributed by atoms with Crippen molar-refractivity contribution >= 4 is 75.9 Å². The summed E-state index contributed by atoms with van der Waals surface area (Å²) in [5.74, 6) is 0. The fourth-order valence-electron chi connectivity index (χ4n) is 4.93. The normalized spacial score (nSPS) is 12.5. The zero-order valence-electron chi connectivity index (χ0n) is 23.7. The third kappa shape index (κ3) is 6.18. The molecule has 0 amide bonds. The number of anilines is 2. The van der Waals surface area contributed by atoms with Crippen LogP contribution in [0.4, 0.5) is 34.1 Å². The lowest BCUT2D eigenvalue weighted by Crippen LogP contribution is -2.01. The first kappa shape index (κ1) is 30.5. The molecule has 0 heterocycles. The first-order valence-electron chi connectivity index (χ1n) is 13.5. The second kappa shape index (κ2) is 11.8. The SMILES string of the molecule is Nc1ccc(S(=O)(=O)O)c2ccc(N=Nc3ccc(-c4ccc(N=Nc5cc(S(=O)(=O)O)c6ccccc6c5N)cc4)cc3)cc12. The Morgan fingerprint density at radius 3 is 1.57 bits per heavy atom. The summed E-state index contributed by atoms with van der Waals surface area (Å²) < 4.78 is 66.6. The standard InChI is InChI=1S/C32H24N6O6S2/c33-28-15-16-30(45(39,40)41)25-14-13-23(17-27(25)28)37-35-21-9-5-19(6-10-21)20-7-11-22(12-8-20)36-38-29-18-31(46(42,43)44)24-3-1-2-4-26(24)32(29)34/h1-18H,33-34H2,(H,39,40,41)(H,42,43,44). The average molecular weight is 653 g/mol. The largest absolute Gasteiger partial charge is 0.398 e. The van der Waals surface area contributed by atoms with Gasteiger partial charge in [0.25, 0.3) is 20.2 Å². The molecule has 0 fully saturated rings. The molecule has 0 saturated heterocycles. The van der Waals surface area contributed by atoms with Gasteiger partial charge in [0, 0.05) is 27.2 Å². The molecule has 230 valence electrons. The first-order valence-corrected chi connectivity index (χ1v) is 16.4. The molecule has 6 aromatic rings.